The van der Waals surface area contributed by atoms with E-state index < -0.39 is 5.92 Å². The zero-order valence-corrected chi connectivity index (χ0v) is 10.3. The third kappa shape index (κ3) is 3.44. The molecule has 0 aromatic carbocycles. The molecule has 7 heteroatoms. The Morgan fingerprint density at radius 2 is 2.47 bits per heavy atom. The number of aromatic nitrogens is 1. The van der Waals surface area contributed by atoms with Gasteiger partial charge in [0.05, 0.1) is 12.1 Å². The molecule has 0 saturated heterocycles. The Kier molecular flexibility index (Phi) is 3.97. The molecule has 1 atom stereocenters. The number of amides is 2. The summed E-state index contributed by atoms with van der Waals surface area (Å²) >= 11 is 0. The number of rotatable bonds is 4. The first kappa shape index (κ1) is 12.9. The van der Waals surface area contributed by atoms with Crippen LogP contribution in [0.5, 0.6) is 0 Å². The molecule has 2 heterocycles. The number of carbonyl (C=O) groups is 2. The Morgan fingerprint density at radius 1 is 1.63 bits per heavy atom. The van der Waals surface area contributed by atoms with E-state index in [2.05, 4.69) is 26.0 Å². The highest BCUT2D eigenvalue weighted by Gasteiger charge is 2.28. The zero-order valence-electron chi connectivity index (χ0n) is 10.3. The van der Waals surface area contributed by atoms with E-state index >= 15 is 0 Å². The van der Waals surface area contributed by atoms with Gasteiger partial charge in [0.25, 0.3) is 0 Å². The minimum atomic E-state index is -0.506. The molecular weight excluding hydrogens is 246 g/mol. The molecule has 1 aromatic heterocycles. The molecule has 19 heavy (non-hydrogen) atoms. The van der Waals surface area contributed by atoms with Gasteiger partial charge >= 0.3 is 0 Å². The second-order valence-corrected chi connectivity index (χ2v) is 4.07. The summed E-state index contributed by atoms with van der Waals surface area (Å²) < 4.78 is 0. The average molecular weight is 259 g/mol. The van der Waals surface area contributed by atoms with Gasteiger partial charge in [0, 0.05) is 30.1 Å². The van der Waals surface area contributed by atoms with Crippen LogP contribution in [0.1, 0.15) is 18.9 Å². The fourth-order valence-corrected chi connectivity index (χ4v) is 1.59. The van der Waals surface area contributed by atoms with Crippen LogP contribution < -0.4 is 10.9 Å². The quantitative estimate of drug-likeness (QED) is 0.590. The second kappa shape index (κ2) is 5.85. The molecule has 0 saturated carbocycles. The maximum Gasteiger partial charge on any atom is 0.249 e. The predicted octanol–water partition coefficient (Wildman–Crippen LogP) is 0.0437. The molecule has 1 aliphatic rings. The molecule has 2 amide bonds. The first-order valence-electron chi connectivity index (χ1n) is 5.73. The van der Waals surface area contributed by atoms with Crippen molar-refractivity contribution in [3.8, 4) is 0 Å². The lowest BCUT2D eigenvalue weighted by molar-refractivity contribution is -0.127. The number of carbonyl (C=O) groups excluding carboxylic acids is 2. The number of hydrazone groups is 2. The Bertz CT molecular complexity index is 538. The maximum absolute atomic E-state index is 11.6. The summed E-state index contributed by atoms with van der Waals surface area (Å²) in [6.07, 6.45) is 4.79. The van der Waals surface area contributed by atoms with Crippen molar-refractivity contribution in [2.45, 2.75) is 13.3 Å². The van der Waals surface area contributed by atoms with Crippen molar-refractivity contribution in [3.63, 3.8) is 0 Å². The topological polar surface area (TPSA) is 95.8 Å². The largest absolute Gasteiger partial charge is 0.273 e. The van der Waals surface area contributed by atoms with Crippen LogP contribution in [0.2, 0.25) is 0 Å². The summed E-state index contributed by atoms with van der Waals surface area (Å²) in [5, 5.41) is 7.57. The van der Waals surface area contributed by atoms with Crippen LogP contribution in [0.3, 0.4) is 0 Å². The van der Waals surface area contributed by atoms with Gasteiger partial charge < -0.3 is 0 Å². The van der Waals surface area contributed by atoms with E-state index in [-0.39, 0.29) is 18.2 Å². The van der Waals surface area contributed by atoms with Crippen LogP contribution in [0.25, 0.3) is 0 Å². The highest BCUT2D eigenvalue weighted by molar-refractivity contribution is 6.09. The molecule has 0 fully saturated rings. The van der Waals surface area contributed by atoms with Crippen LogP contribution in [0, 0.1) is 5.92 Å². The van der Waals surface area contributed by atoms with Gasteiger partial charge in [0.1, 0.15) is 0 Å². The lowest BCUT2D eigenvalue weighted by Gasteiger charge is -2.05. The minimum absolute atomic E-state index is 0.0333. The Labute approximate surface area is 109 Å². The second-order valence-electron chi connectivity index (χ2n) is 4.07. The number of nitrogens with one attached hydrogen (secondary N) is 2. The Hall–Kier alpha value is -2.57. The maximum atomic E-state index is 11.6. The molecule has 98 valence electrons. The van der Waals surface area contributed by atoms with Crippen molar-refractivity contribution in [3.05, 3.63) is 30.1 Å². The zero-order chi connectivity index (χ0) is 13.7. The molecule has 1 aliphatic heterocycles. The van der Waals surface area contributed by atoms with Crippen molar-refractivity contribution >= 4 is 23.7 Å². The minimum Gasteiger partial charge on any atom is -0.273 e. The van der Waals surface area contributed by atoms with Gasteiger partial charge in [0.2, 0.25) is 11.8 Å². The van der Waals surface area contributed by atoms with Crippen molar-refractivity contribution < 1.29 is 9.59 Å². The summed E-state index contributed by atoms with van der Waals surface area (Å²) in [4.78, 5) is 26.9. The highest BCUT2D eigenvalue weighted by Crippen LogP contribution is 2.11. The van der Waals surface area contributed by atoms with Crippen molar-refractivity contribution in [2.24, 2.45) is 16.1 Å². The first-order chi connectivity index (χ1) is 9.16. The standard InChI is InChI=1S/C12H13N5O2/c1-8-10(12(19)17-15-8)5-11(18)16-14-7-9-3-2-4-13-6-9/h2-4,6-7,10H,5H2,1H3,(H,16,18)(H,17,19). The Morgan fingerprint density at radius 3 is 3.11 bits per heavy atom. The van der Waals surface area contributed by atoms with Crippen molar-refractivity contribution in [2.75, 3.05) is 0 Å². The lowest BCUT2D eigenvalue weighted by Crippen LogP contribution is -2.29. The summed E-state index contributed by atoms with van der Waals surface area (Å²) in [6, 6.07) is 3.58. The molecule has 1 unspecified atom stereocenters. The molecule has 2 N–H and O–H groups in total. The SMILES string of the molecule is CC1=NNC(=O)C1CC(=O)NN=Cc1cccnc1. The fraction of sp³-hybridized carbons (Fsp3) is 0.250. The van der Waals surface area contributed by atoms with Crippen LogP contribution in [0.4, 0.5) is 0 Å². The van der Waals surface area contributed by atoms with Crippen molar-refractivity contribution in [1.29, 1.82) is 0 Å². The average Bonchev–Trinajstić information content (AvgIpc) is 2.72. The van der Waals surface area contributed by atoms with Crippen LogP contribution >= 0.6 is 0 Å². The molecular formula is C12H13N5O2. The van der Waals surface area contributed by atoms with Gasteiger partial charge in [-0.25, -0.2) is 10.9 Å². The third-order valence-corrected chi connectivity index (χ3v) is 2.64. The summed E-state index contributed by atoms with van der Waals surface area (Å²) in [7, 11) is 0. The van der Waals surface area contributed by atoms with E-state index in [1.54, 1.807) is 25.4 Å². The molecule has 0 bridgehead atoms. The van der Waals surface area contributed by atoms with Crippen LogP contribution in [-0.2, 0) is 9.59 Å². The van der Waals surface area contributed by atoms with Gasteiger partial charge in [0.15, 0.2) is 0 Å². The normalized spacial score (nSPS) is 18.3. The van der Waals surface area contributed by atoms with E-state index in [1.165, 1.54) is 6.21 Å². The van der Waals surface area contributed by atoms with Crippen LogP contribution in [-0.4, -0.2) is 28.7 Å². The third-order valence-electron chi connectivity index (χ3n) is 2.64. The van der Waals surface area contributed by atoms with Crippen molar-refractivity contribution in [1.82, 2.24) is 15.8 Å². The fourth-order valence-electron chi connectivity index (χ4n) is 1.59. The van der Waals surface area contributed by atoms with E-state index in [9.17, 15) is 9.59 Å². The molecule has 0 spiro atoms. The van der Waals surface area contributed by atoms with Gasteiger partial charge in [-0.15, -0.1) is 0 Å². The van der Waals surface area contributed by atoms with Gasteiger partial charge in [-0.3, -0.25) is 14.6 Å². The van der Waals surface area contributed by atoms with E-state index in [1.807, 2.05) is 6.07 Å². The molecule has 7 nitrogen and oxygen atoms in total. The molecule has 1 aromatic rings. The molecule has 0 radical (unpaired) electrons. The molecule has 2 rings (SSSR count). The smallest absolute Gasteiger partial charge is 0.249 e. The highest BCUT2D eigenvalue weighted by atomic mass is 16.2. The van der Waals surface area contributed by atoms with Crippen LogP contribution in [0.15, 0.2) is 34.7 Å². The number of hydrogen-bond acceptors (Lipinski definition) is 5. The van der Waals surface area contributed by atoms with Gasteiger partial charge in [-0.2, -0.15) is 10.2 Å². The summed E-state index contributed by atoms with van der Waals surface area (Å²) in [5.74, 6) is -1.10. The van der Waals surface area contributed by atoms with Gasteiger partial charge in [-0.1, -0.05) is 6.07 Å². The summed E-state index contributed by atoms with van der Waals surface area (Å²) in [6.45, 7) is 1.70. The number of hydrogen-bond donors (Lipinski definition) is 2. The number of pyridine rings is 1. The Balaban J connectivity index is 1.84. The first-order valence-corrected chi connectivity index (χ1v) is 5.73. The van der Waals surface area contributed by atoms with E-state index in [0.29, 0.717) is 5.71 Å². The summed E-state index contributed by atoms with van der Waals surface area (Å²) in [5.41, 5.74) is 6.08. The van der Waals surface area contributed by atoms with E-state index in [0.717, 1.165) is 5.56 Å². The monoisotopic (exact) mass is 259 g/mol. The van der Waals surface area contributed by atoms with E-state index in [4.69, 9.17) is 0 Å². The van der Waals surface area contributed by atoms with Gasteiger partial charge in [-0.05, 0) is 13.0 Å². The lowest BCUT2D eigenvalue weighted by atomic mass is 10.0. The molecule has 0 aliphatic carbocycles. The number of nitrogens with zero attached hydrogens (tertiary/aromatic N) is 3. The predicted molar refractivity (Wildman–Crippen MR) is 69.3 cm³/mol.